The molecule has 1 heterocycles. The minimum Gasteiger partial charge on any atom is -0.507 e. The Morgan fingerprint density at radius 1 is 1.07 bits per heavy atom. The molecular formula is C21H17N3O3S. The Balaban J connectivity index is 1.94. The number of carbonyl (C=O) groups excluding carboxylic acids is 1. The molecule has 0 aliphatic rings. The number of para-hydroxylation sites is 1. The SMILES string of the molecule is CS(=O)c1ccc(-n2nc(C(N)=O)c3ccc(-c4ccccc4O)cc32)cc1. The second-order valence-corrected chi connectivity index (χ2v) is 7.70. The number of aromatic hydroxyl groups is 1. The normalized spacial score (nSPS) is 12.2. The number of benzene rings is 3. The van der Waals surface area contributed by atoms with Crippen molar-refractivity contribution in [3.05, 3.63) is 72.4 Å². The van der Waals surface area contributed by atoms with E-state index in [2.05, 4.69) is 5.10 Å². The number of hydrogen-bond donors (Lipinski definition) is 2. The van der Waals surface area contributed by atoms with Crippen molar-refractivity contribution in [2.45, 2.75) is 4.90 Å². The first-order valence-corrected chi connectivity index (χ1v) is 10.1. The van der Waals surface area contributed by atoms with Gasteiger partial charge >= 0.3 is 0 Å². The maximum Gasteiger partial charge on any atom is 0.269 e. The van der Waals surface area contributed by atoms with E-state index in [4.69, 9.17) is 5.73 Å². The molecule has 1 atom stereocenters. The number of hydrogen-bond acceptors (Lipinski definition) is 4. The molecule has 0 saturated heterocycles. The summed E-state index contributed by atoms with van der Waals surface area (Å²) < 4.78 is 13.3. The minimum absolute atomic E-state index is 0.165. The van der Waals surface area contributed by atoms with Gasteiger partial charge < -0.3 is 10.8 Å². The topological polar surface area (TPSA) is 98.2 Å². The van der Waals surface area contributed by atoms with Gasteiger partial charge in [0.05, 0.1) is 11.2 Å². The summed E-state index contributed by atoms with van der Waals surface area (Å²) in [5.41, 5.74) is 8.53. The zero-order valence-corrected chi connectivity index (χ0v) is 15.8. The fourth-order valence-electron chi connectivity index (χ4n) is 3.16. The van der Waals surface area contributed by atoms with Gasteiger partial charge in [0.1, 0.15) is 5.75 Å². The second-order valence-electron chi connectivity index (χ2n) is 6.32. The molecule has 6 nitrogen and oxygen atoms in total. The van der Waals surface area contributed by atoms with Gasteiger partial charge in [0, 0.05) is 32.9 Å². The first-order valence-electron chi connectivity index (χ1n) is 8.50. The van der Waals surface area contributed by atoms with E-state index in [1.165, 1.54) is 0 Å². The molecule has 0 fully saturated rings. The quantitative estimate of drug-likeness (QED) is 0.558. The zero-order chi connectivity index (χ0) is 19.8. The van der Waals surface area contributed by atoms with Crippen molar-refractivity contribution in [1.29, 1.82) is 0 Å². The molecule has 4 rings (SSSR count). The molecule has 140 valence electrons. The van der Waals surface area contributed by atoms with Gasteiger partial charge in [-0.1, -0.05) is 24.3 Å². The summed E-state index contributed by atoms with van der Waals surface area (Å²) in [6.07, 6.45) is 1.61. The van der Waals surface area contributed by atoms with Crippen LogP contribution >= 0.6 is 0 Å². The molecule has 0 aliphatic carbocycles. The van der Waals surface area contributed by atoms with Crippen molar-refractivity contribution >= 4 is 27.6 Å². The van der Waals surface area contributed by atoms with Crippen molar-refractivity contribution in [2.24, 2.45) is 5.73 Å². The summed E-state index contributed by atoms with van der Waals surface area (Å²) in [5.74, 6) is -0.455. The molecule has 0 bridgehead atoms. The summed E-state index contributed by atoms with van der Waals surface area (Å²) in [7, 11) is -1.09. The third-order valence-corrected chi connectivity index (χ3v) is 5.48. The predicted molar refractivity (Wildman–Crippen MR) is 109 cm³/mol. The third kappa shape index (κ3) is 3.05. The molecule has 3 aromatic carbocycles. The molecular weight excluding hydrogens is 374 g/mol. The fourth-order valence-corrected chi connectivity index (χ4v) is 3.68. The standard InChI is InChI=1S/C21H17N3O3S/c1-28(27)15-9-7-14(8-10-15)24-18-12-13(16-4-2-3-5-19(16)25)6-11-17(18)20(23-24)21(22)26/h2-12,25H,1H3,(H2,22,26). The Kier molecular flexibility index (Phi) is 4.44. The van der Waals surface area contributed by atoms with Gasteiger partial charge in [0.25, 0.3) is 5.91 Å². The van der Waals surface area contributed by atoms with Gasteiger partial charge in [-0.25, -0.2) is 4.68 Å². The van der Waals surface area contributed by atoms with Crippen molar-refractivity contribution in [3.63, 3.8) is 0 Å². The van der Waals surface area contributed by atoms with Crippen molar-refractivity contribution in [2.75, 3.05) is 6.26 Å². The number of rotatable bonds is 4. The van der Waals surface area contributed by atoms with Gasteiger partial charge in [0.15, 0.2) is 5.69 Å². The first-order chi connectivity index (χ1) is 13.5. The number of nitrogens with zero attached hydrogens (tertiary/aromatic N) is 2. The van der Waals surface area contributed by atoms with E-state index < -0.39 is 16.7 Å². The van der Waals surface area contributed by atoms with Crippen LogP contribution in [0.1, 0.15) is 10.5 Å². The van der Waals surface area contributed by atoms with Crippen LogP contribution in [0.15, 0.2) is 71.6 Å². The lowest BCUT2D eigenvalue weighted by atomic mass is 10.0. The van der Waals surface area contributed by atoms with Gasteiger partial charge in [-0.2, -0.15) is 5.10 Å². The average Bonchev–Trinajstić information content (AvgIpc) is 3.07. The molecule has 7 heteroatoms. The van der Waals surface area contributed by atoms with Gasteiger partial charge in [0.2, 0.25) is 0 Å². The van der Waals surface area contributed by atoms with Crippen LogP contribution < -0.4 is 5.73 Å². The Labute approximate surface area is 163 Å². The van der Waals surface area contributed by atoms with Crippen LogP contribution in [0.4, 0.5) is 0 Å². The molecule has 28 heavy (non-hydrogen) atoms. The number of nitrogens with two attached hydrogens (primary N) is 1. The third-order valence-electron chi connectivity index (χ3n) is 4.54. The zero-order valence-electron chi connectivity index (χ0n) is 15.0. The Morgan fingerprint density at radius 2 is 1.79 bits per heavy atom. The number of aromatic nitrogens is 2. The molecule has 0 radical (unpaired) electrons. The fraction of sp³-hybridized carbons (Fsp3) is 0.0476. The van der Waals surface area contributed by atoms with E-state index in [0.29, 0.717) is 27.0 Å². The Bertz CT molecular complexity index is 1230. The first kappa shape index (κ1) is 17.9. The van der Waals surface area contributed by atoms with E-state index >= 15 is 0 Å². The summed E-state index contributed by atoms with van der Waals surface area (Å²) in [4.78, 5) is 12.6. The molecule has 3 N–H and O–H groups in total. The van der Waals surface area contributed by atoms with Crippen molar-refractivity contribution < 1.29 is 14.1 Å². The summed E-state index contributed by atoms with van der Waals surface area (Å²) in [5, 5.41) is 15.2. The predicted octanol–water partition coefficient (Wildman–Crippen LogP) is 3.23. The Hall–Kier alpha value is -3.45. The molecule has 0 spiro atoms. The van der Waals surface area contributed by atoms with Gasteiger partial charge in [-0.3, -0.25) is 9.00 Å². The monoisotopic (exact) mass is 391 g/mol. The van der Waals surface area contributed by atoms with Crippen LogP contribution in [-0.2, 0) is 10.8 Å². The van der Waals surface area contributed by atoms with E-state index in [1.807, 2.05) is 24.3 Å². The lowest BCUT2D eigenvalue weighted by Crippen LogP contribution is -2.12. The van der Waals surface area contributed by atoms with E-state index in [9.17, 15) is 14.1 Å². The van der Waals surface area contributed by atoms with E-state index in [1.54, 1.807) is 53.4 Å². The highest BCUT2D eigenvalue weighted by Crippen LogP contribution is 2.32. The number of primary amides is 1. The van der Waals surface area contributed by atoms with Crippen molar-refractivity contribution in [1.82, 2.24) is 9.78 Å². The van der Waals surface area contributed by atoms with Crippen LogP contribution in [0.25, 0.3) is 27.7 Å². The number of fused-ring (bicyclic) bond motifs is 1. The Morgan fingerprint density at radius 3 is 2.43 bits per heavy atom. The lowest BCUT2D eigenvalue weighted by molar-refractivity contribution is 0.0996. The molecule has 1 amide bonds. The maximum absolute atomic E-state index is 11.9. The molecule has 4 aromatic rings. The highest BCUT2D eigenvalue weighted by atomic mass is 32.2. The summed E-state index contributed by atoms with van der Waals surface area (Å²) >= 11 is 0. The lowest BCUT2D eigenvalue weighted by Gasteiger charge is -2.07. The molecule has 0 aliphatic heterocycles. The highest BCUT2D eigenvalue weighted by molar-refractivity contribution is 7.84. The highest BCUT2D eigenvalue weighted by Gasteiger charge is 2.17. The molecule has 1 unspecified atom stereocenters. The minimum atomic E-state index is -1.09. The summed E-state index contributed by atoms with van der Waals surface area (Å²) in [6.45, 7) is 0. The largest absolute Gasteiger partial charge is 0.507 e. The van der Waals surface area contributed by atoms with Gasteiger partial charge in [-0.05, 0) is 48.0 Å². The number of phenolic OH excluding ortho intramolecular Hbond substituents is 1. The molecule has 0 saturated carbocycles. The smallest absolute Gasteiger partial charge is 0.269 e. The second kappa shape index (κ2) is 6.94. The number of phenols is 1. The average molecular weight is 391 g/mol. The number of carbonyl (C=O) groups is 1. The number of amides is 1. The van der Waals surface area contributed by atoms with Crippen LogP contribution in [0.5, 0.6) is 5.75 Å². The van der Waals surface area contributed by atoms with E-state index in [-0.39, 0.29) is 11.4 Å². The maximum atomic E-state index is 11.9. The van der Waals surface area contributed by atoms with Crippen LogP contribution in [0, 0.1) is 0 Å². The van der Waals surface area contributed by atoms with Crippen LogP contribution in [0.3, 0.4) is 0 Å². The molecule has 1 aromatic heterocycles. The summed E-state index contributed by atoms with van der Waals surface area (Å²) in [6, 6.07) is 19.6. The van der Waals surface area contributed by atoms with Crippen LogP contribution in [-0.4, -0.2) is 31.3 Å². The van der Waals surface area contributed by atoms with Crippen LogP contribution in [0.2, 0.25) is 0 Å². The van der Waals surface area contributed by atoms with E-state index in [0.717, 1.165) is 5.56 Å². The van der Waals surface area contributed by atoms with Gasteiger partial charge in [-0.15, -0.1) is 0 Å². The van der Waals surface area contributed by atoms with Crippen molar-refractivity contribution in [3.8, 4) is 22.6 Å².